The van der Waals surface area contributed by atoms with Crippen molar-refractivity contribution >= 4 is 11.6 Å². The standard InChI is InChI=1S/C16H26FN3O/c1-4-9-20(12-16(2,3)11-18)10-15(21)19-14-7-5-13(17)6-8-14/h5-8H,4,9-12,18H2,1-3H3,(H,19,21). The predicted octanol–water partition coefficient (Wildman–Crippen LogP) is 2.46. The Balaban J connectivity index is 2.57. The lowest BCUT2D eigenvalue weighted by molar-refractivity contribution is -0.117. The molecular formula is C16H26FN3O. The maximum atomic E-state index is 12.8. The lowest BCUT2D eigenvalue weighted by Crippen LogP contribution is -2.42. The molecule has 0 fully saturated rings. The van der Waals surface area contributed by atoms with Gasteiger partial charge in [-0.25, -0.2) is 4.39 Å². The quantitative estimate of drug-likeness (QED) is 0.774. The van der Waals surface area contributed by atoms with Gasteiger partial charge in [0.2, 0.25) is 5.91 Å². The van der Waals surface area contributed by atoms with Crippen LogP contribution in [0.25, 0.3) is 0 Å². The molecule has 21 heavy (non-hydrogen) atoms. The minimum atomic E-state index is -0.315. The molecule has 0 aliphatic heterocycles. The maximum Gasteiger partial charge on any atom is 0.238 e. The van der Waals surface area contributed by atoms with Crippen LogP contribution in [0.1, 0.15) is 27.2 Å². The normalized spacial score (nSPS) is 11.7. The van der Waals surface area contributed by atoms with E-state index in [2.05, 4.69) is 31.0 Å². The van der Waals surface area contributed by atoms with Crippen molar-refractivity contribution in [3.63, 3.8) is 0 Å². The molecule has 0 atom stereocenters. The Morgan fingerprint density at radius 1 is 1.33 bits per heavy atom. The summed E-state index contributed by atoms with van der Waals surface area (Å²) in [4.78, 5) is 14.2. The van der Waals surface area contributed by atoms with Gasteiger partial charge in [0.25, 0.3) is 0 Å². The van der Waals surface area contributed by atoms with Crippen molar-refractivity contribution in [1.82, 2.24) is 4.90 Å². The van der Waals surface area contributed by atoms with E-state index in [0.717, 1.165) is 19.5 Å². The number of carbonyl (C=O) groups excluding carboxylic acids is 1. The third kappa shape index (κ3) is 6.69. The van der Waals surface area contributed by atoms with Gasteiger partial charge in [-0.1, -0.05) is 20.8 Å². The van der Waals surface area contributed by atoms with Crippen molar-refractivity contribution in [3.8, 4) is 0 Å². The Morgan fingerprint density at radius 3 is 2.48 bits per heavy atom. The number of benzene rings is 1. The third-order valence-electron chi connectivity index (χ3n) is 3.24. The van der Waals surface area contributed by atoms with Gasteiger partial charge in [-0.2, -0.15) is 0 Å². The number of anilines is 1. The van der Waals surface area contributed by atoms with Crippen LogP contribution in [0.2, 0.25) is 0 Å². The zero-order chi connectivity index (χ0) is 15.9. The van der Waals surface area contributed by atoms with Gasteiger partial charge in [-0.3, -0.25) is 9.69 Å². The molecule has 0 heterocycles. The molecule has 3 N–H and O–H groups in total. The summed E-state index contributed by atoms with van der Waals surface area (Å²) < 4.78 is 12.8. The number of carbonyl (C=O) groups is 1. The van der Waals surface area contributed by atoms with E-state index in [1.54, 1.807) is 12.1 Å². The van der Waals surface area contributed by atoms with E-state index in [4.69, 9.17) is 5.73 Å². The molecule has 1 rings (SSSR count). The summed E-state index contributed by atoms with van der Waals surface area (Å²) in [6.45, 7) is 8.78. The van der Waals surface area contributed by atoms with Gasteiger partial charge in [0.15, 0.2) is 0 Å². The molecule has 1 aromatic rings. The summed E-state index contributed by atoms with van der Waals surface area (Å²) in [5.41, 5.74) is 6.34. The highest BCUT2D eigenvalue weighted by Crippen LogP contribution is 2.15. The number of nitrogens with zero attached hydrogens (tertiary/aromatic N) is 1. The molecule has 0 unspecified atom stereocenters. The highest BCUT2D eigenvalue weighted by atomic mass is 19.1. The monoisotopic (exact) mass is 295 g/mol. The number of nitrogens with two attached hydrogens (primary N) is 1. The van der Waals surface area contributed by atoms with Crippen molar-refractivity contribution in [2.45, 2.75) is 27.2 Å². The second kappa shape index (κ2) is 8.10. The molecule has 1 amide bonds. The van der Waals surface area contributed by atoms with Crippen molar-refractivity contribution in [1.29, 1.82) is 0 Å². The first-order valence-electron chi connectivity index (χ1n) is 7.34. The van der Waals surface area contributed by atoms with Crippen LogP contribution in [0, 0.1) is 11.2 Å². The topological polar surface area (TPSA) is 58.4 Å². The molecule has 0 aliphatic rings. The predicted molar refractivity (Wildman–Crippen MR) is 84.6 cm³/mol. The van der Waals surface area contributed by atoms with Crippen LogP contribution in [-0.2, 0) is 4.79 Å². The number of hydrogen-bond acceptors (Lipinski definition) is 3. The summed E-state index contributed by atoms with van der Waals surface area (Å²) in [5, 5.41) is 2.78. The largest absolute Gasteiger partial charge is 0.330 e. The zero-order valence-corrected chi connectivity index (χ0v) is 13.2. The summed E-state index contributed by atoms with van der Waals surface area (Å²) in [6.07, 6.45) is 0.977. The van der Waals surface area contributed by atoms with E-state index in [0.29, 0.717) is 18.8 Å². The number of halogens is 1. The average molecular weight is 295 g/mol. The Bertz CT molecular complexity index is 445. The number of hydrogen-bond donors (Lipinski definition) is 2. The van der Waals surface area contributed by atoms with Crippen LogP contribution in [0.4, 0.5) is 10.1 Å². The minimum absolute atomic E-state index is 0.0225. The number of nitrogens with one attached hydrogen (secondary N) is 1. The van der Waals surface area contributed by atoms with E-state index in [9.17, 15) is 9.18 Å². The second-order valence-corrected chi connectivity index (χ2v) is 6.13. The highest BCUT2D eigenvalue weighted by Gasteiger charge is 2.21. The van der Waals surface area contributed by atoms with E-state index < -0.39 is 0 Å². The van der Waals surface area contributed by atoms with Crippen molar-refractivity contribution in [2.24, 2.45) is 11.1 Å². The molecule has 0 radical (unpaired) electrons. The van der Waals surface area contributed by atoms with E-state index in [1.165, 1.54) is 12.1 Å². The van der Waals surface area contributed by atoms with Gasteiger partial charge in [-0.15, -0.1) is 0 Å². The molecule has 0 saturated carbocycles. The van der Waals surface area contributed by atoms with Gasteiger partial charge >= 0.3 is 0 Å². The van der Waals surface area contributed by atoms with Crippen molar-refractivity contribution in [2.75, 3.05) is 31.5 Å². The lowest BCUT2D eigenvalue weighted by atomic mass is 9.93. The molecule has 0 aromatic heterocycles. The first-order chi connectivity index (χ1) is 9.86. The first kappa shape index (κ1) is 17.6. The smallest absolute Gasteiger partial charge is 0.238 e. The van der Waals surface area contributed by atoms with Crippen LogP contribution in [0.3, 0.4) is 0 Å². The molecular weight excluding hydrogens is 269 g/mol. The summed E-state index contributed by atoms with van der Waals surface area (Å²) in [5.74, 6) is -0.409. The molecule has 0 bridgehead atoms. The Morgan fingerprint density at radius 2 is 1.95 bits per heavy atom. The number of rotatable bonds is 8. The van der Waals surface area contributed by atoms with Crippen LogP contribution < -0.4 is 11.1 Å². The SMILES string of the molecule is CCCN(CC(=O)Nc1ccc(F)cc1)CC(C)(C)CN. The molecule has 4 nitrogen and oxygen atoms in total. The van der Waals surface area contributed by atoms with Gasteiger partial charge in [0, 0.05) is 12.2 Å². The van der Waals surface area contributed by atoms with Crippen LogP contribution in [0.5, 0.6) is 0 Å². The fraction of sp³-hybridized carbons (Fsp3) is 0.562. The van der Waals surface area contributed by atoms with E-state index in [-0.39, 0.29) is 17.1 Å². The molecule has 5 heteroatoms. The fourth-order valence-corrected chi connectivity index (χ4v) is 2.14. The summed E-state index contributed by atoms with van der Waals surface area (Å²) in [7, 11) is 0. The minimum Gasteiger partial charge on any atom is -0.330 e. The van der Waals surface area contributed by atoms with Gasteiger partial charge < -0.3 is 11.1 Å². The van der Waals surface area contributed by atoms with Crippen molar-refractivity contribution in [3.05, 3.63) is 30.1 Å². The maximum absolute atomic E-state index is 12.8. The number of amides is 1. The Hall–Kier alpha value is -1.46. The van der Waals surface area contributed by atoms with Crippen LogP contribution in [-0.4, -0.2) is 37.0 Å². The molecule has 118 valence electrons. The third-order valence-corrected chi connectivity index (χ3v) is 3.24. The van der Waals surface area contributed by atoms with E-state index >= 15 is 0 Å². The zero-order valence-electron chi connectivity index (χ0n) is 13.2. The summed E-state index contributed by atoms with van der Waals surface area (Å²) >= 11 is 0. The molecule has 1 aromatic carbocycles. The molecule has 0 spiro atoms. The van der Waals surface area contributed by atoms with Crippen LogP contribution >= 0.6 is 0 Å². The van der Waals surface area contributed by atoms with E-state index in [1.807, 2.05) is 0 Å². The van der Waals surface area contributed by atoms with Gasteiger partial charge in [0.1, 0.15) is 5.82 Å². The van der Waals surface area contributed by atoms with Gasteiger partial charge in [-0.05, 0) is 49.2 Å². The highest BCUT2D eigenvalue weighted by molar-refractivity contribution is 5.92. The average Bonchev–Trinajstić information content (AvgIpc) is 2.41. The fourth-order valence-electron chi connectivity index (χ4n) is 2.14. The first-order valence-corrected chi connectivity index (χ1v) is 7.34. The Kier molecular flexibility index (Phi) is 6.78. The van der Waals surface area contributed by atoms with Crippen molar-refractivity contribution < 1.29 is 9.18 Å². The second-order valence-electron chi connectivity index (χ2n) is 6.13. The lowest BCUT2D eigenvalue weighted by Gasteiger charge is -2.31. The summed E-state index contributed by atoms with van der Waals surface area (Å²) in [6, 6.07) is 5.77. The van der Waals surface area contributed by atoms with Gasteiger partial charge in [0.05, 0.1) is 6.54 Å². The molecule has 0 saturated heterocycles. The Labute approximate surface area is 126 Å². The molecule has 0 aliphatic carbocycles. The van der Waals surface area contributed by atoms with Crippen LogP contribution in [0.15, 0.2) is 24.3 Å².